The maximum atomic E-state index is 14.0. The molecule has 2 aromatic heterocycles. The second kappa shape index (κ2) is 8.67. The molecule has 4 aromatic rings. The first-order valence-corrected chi connectivity index (χ1v) is 7.75. The van der Waals surface area contributed by atoms with Gasteiger partial charge in [-0.3, -0.25) is 4.98 Å². The number of aliphatic carboxylic acids is 1. The van der Waals surface area contributed by atoms with Gasteiger partial charge in [-0.2, -0.15) is 0 Å². The van der Waals surface area contributed by atoms with E-state index in [1.165, 1.54) is 18.2 Å². The van der Waals surface area contributed by atoms with Gasteiger partial charge in [0.05, 0.1) is 16.7 Å². The smallest absolute Gasteiger partial charge is 0.872 e. The Kier molecular flexibility index (Phi) is 6.56. The third-order valence-corrected chi connectivity index (χ3v) is 3.66. The zero-order chi connectivity index (χ0) is 18.7. The molecule has 2 aromatic carbocycles. The van der Waals surface area contributed by atoms with Crippen LogP contribution in [0, 0.1) is 5.82 Å². The number of pyridine rings is 2. The van der Waals surface area contributed by atoms with Crippen molar-refractivity contribution in [3.8, 4) is 17.0 Å². The molecule has 138 valence electrons. The molecular formula is C20H13FN2O3Pd. The first-order valence-electron chi connectivity index (χ1n) is 7.75. The fourth-order valence-corrected chi connectivity index (χ4v) is 2.62. The summed E-state index contributed by atoms with van der Waals surface area (Å²) in [6.07, 6.45) is 1.69. The van der Waals surface area contributed by atoms with Crippen molar-refractivity contribution in [3.05, 3.63) is 66.6 Å². The van der Waals surface area contributed by atoms with Crippen LogP contribution in [0.4, 0.5) is 4.39 Å². The van der Waals surface area contributed by atoms with Crippen LogP contribution >= 0.6 is 0 Å². The topological polar surface area (TPSA) is 89.0 Å². The van der Waals surface area contributed by atoms with Gasteiger partial charge >= 0.3 is 20.4 Å². The van der Waals surface area contributed by atoms with Gasteiger partial charge in [-0.25, -0.2) is 9.37 Å². The Labute approximate surface area is 168 Å². The van der Waals surface area contributed by atoms with E-state index in [0.29, 0.717) is 11.2 Å². The van der Waals surface area contributed by atoms with Gasteiger partial charge in [-0.1, -0.05) is 42.1 Å². The third-order valence-electron chi connectivity index (χ3n) is 3.66. The summed E-state index contributed by atoms with van der Waals surface area (Å²) in [7, 11) is 0. The number of carboxylic acids is 1. The molecule has 0 radical (unpaired) electrons. The van der Waals surface area contributed by atoms with Crippen molar-refractivity contribution < 1.29 is 39.8 Å². The molecule has 0 saturated carbocycles. The van der Waals surface area contributed by atoms with E-state index in [1.54, 1.807) is 12.3 Å². The van der Waals surface area contributed by atoms with Gasteiger partial charge in [0, 0.05) is 28.5 Å². The predicted molar refractivity (Wildman–Crippen MR) is 92.6 cm³/mol. The van der Waals surface area contributed by atoms with E-state index in [-0.39, 0.29) is 31.7 Å². The van der Waals surface area contributed by atoms with Gasteiger partial charge in [-0.05, 0) is 25.1 Å². The molecule has 0 amide bonds. The van der Waals surface area contributed by atoms with Gasteiger partial charge in [0.15, 0.2) is 0 Å². The summed E-state index contributed by atoms with van der Waals surface area (Å²) in [6, 6.07) is 15.2. The van der Waals surface area contributed by atoms with Crippen LogP contribution < -0.4 is 10.2 Å². The fraction of sp³-hybridized carbons (Fsp3) is 0.0500. The van der Waals surface area contributed by atoms with E-state index in [2.05, 4.69) is 9.97 Å². The van der Waals surface area contributed by atoms with Gasteiger partial charge in [-0.15, -0.1) is 0 Å². The minimum absolute atomic E-state index is 0. The Morgan fingerprint density at radius 1 is 0.963 bits per heavy atom. The van der Waals surface area contributed by atoms with E-state index >= 15 is 0 Å². The molecular weight excluding hydrogens is 442 g/mol. The number of halogens is 1. The summed E-state index contributed by atoms with van der Waals surface area (Å²) in [5, 5.41) is 22.7. The minimum Gasteiger partial charge on any atom is -0.872 e. The Bertz CT molecular complexity index is 1090. The Morgan fingerprint density at radius 2 is 1.59 bits per heavy atom. The molecule has 0 fully saturated rings. The van der Waals surface area contributed by atoms with Crippen LogP contribution in [0.15, 0.2) is 60.8 Å². The van der Waals surface area contributed by atoms with Gasteiger partial charge < -0.3 is 15.0 Å². The van der Waals surface area contributed by atoms with Crippen LogP contribution in [0.5, 0.6) is 5.75 Å². The summed E-state index contributed by atoms with van der Waals surface area (Å²) >= 11 is 0. The van der Waals surface area contributed by atoms with E-state index in [0.717, 1.165) is 23.2 Å². The number of carboxylic acid groups (broad SMARTS) is 1. The number of hydrogen-bond donors (Lipinski definition) is 0. The van der Waals surface area contributed by atoms with Crippen LogP contribution in [-0.2, 0) is 25.2 Å². The molecule has 0 aliphatic carbocycles. The second-order valence-electron chi connectivity index (χ2n) is 5.51. The van der Waals surface area contributed by atoms with Crippen LogP contribution in [-0.4, -0.2) is 15.9 Å². The quantitative estimate of drug-likeness (QED) is 0.325. The molecule has 27 heavy (non-hydrogen) atoms. The molecule has 4 rings (SSSR count). The van der Waals surface area contributed by atoms with Crippen molar-refractivity contribution in [2.45, 2.75) is 6.92 Å². The minimum atomic E-state index is -1.08. The molecule has 0 aliphatic heterocycles. The Balaban J connectivity index is 0.000000479. The maximum Gasteiger partial charge on any atom is 2.00 e. The fourth-order valence-electron chi connectivity index (χ4n) is 2.62. The normalized spacial score (nSPS) is 10.0. The van der Waals surface area contributed by atoms with Crippen LogP contribution in [0.2, 0.25) is 0 Å². The number of carbonyl (C=O) groups excluding carboxylic acids is 1. The van der Waals surface area contributed by atoms with Gasteiger partial charge in [0.2, 0.25) is 0 Å². The van der Waals surface area contributed by atoms with E-state index in [9.17, 15) is 9.50 Å². The van der Waals surface area contributed by atoms with E-state index in [4.69, 9.17) is 9.90 Å². The number of carbonyl (C=O) groups is 1. The predicted octanol–water partition coefficient (Wildman–Crippen LogP) is 2.42. The summed E-state index contributed by atoms with van der Waals surface area (Å²) in [4.78, 5) is 17.7. The van der Waals surface area contributed by atoms with E-state index in [1.807, 2.05) is 30.3 Å². The van der Waals surface area contributed by atoms with Crippen molar-refractivity contribution in [3.63, 3.8) is 0 Å². The molecule has 0 spiro atoms. The zero-order valence-corrected chi connectivity index (χ0v) is 15.6. The van der Waals surface area contributed by atoms with Gasteiger partial charge in [0.1, 0.15) is 5.82 Å². The van der Waals surface area contributed by atoms with Crippen molar-refractivity contribution in [2.24, 2.45) is 0 Å². The largest absolute Gasteiger partial charge is 2.00 e. The van der Waals surface area contributed by atoms with Crippen molar-refractivity contribution >= 4 is 27.8 Å². The van der Waals surface area contributed by atoms with Crippen molar-refractivity contribution in [1.82, 2.24) is 9.97 Å². The van der Waals surface area contributed by atoms with Crippen LogP contribution in [0.3, 0.4) is 0 Å². The number of aromatic nitrogens is 2. The summed E-state index contributed by atoms with van der Waals surface area (Å²) in [5.41, 5.74) is 1.73. The SMILES string of the molecule is CC(=O)[O-].[O-]c1cccc(F)c1-c1ccc2ccc3cccnc3c2n1.[Pd+2]. The first kappa shape index (κ1) is 20.4. The summed E-state index contributed by atoms with van der Waals surface area (Å²) in [5.74, 6) is -2.02. The third kappa shape index (κ3) is 4.45. The second-order valence-corrected chi connectivity index (χ2v) is 5.51. The first-order chi connectivity index (χ1) is 12.5. The standard InChI is InChI=1S/C18H11FN2O.C2H4O2.Pd/c19-13-4-1-5-15(22)16(13)14-9-8-12-7-6-11-3-2-10-20-17(11)18(12)21-14;1-2(3)4;/h1-10,22H;1H3,(H,3,4);/q;;+2/p-2. The number of rotatable bonds is 1. The van der Waals surface area contributed by atoms with Crippen molar-refractivity contribution in [1.29, 1.82) is 0 Å². The molecule has 0 N–H and O–H groups in total. The molecule has 0 saturated heterocycles. The molecule has 7 heteroatoms. The number of hydrogen-bond acceptors (Lipinski definition) is 5. The number of fused-ring (bicyclic) bond motifs is 3. The molecule has 0 bridgehead atoms. The average molecular weight is 455 g/mol. The molecule has 5 nitrogen and oxygen atoms in total. The average Bonchev–Trinajstić information content (AvgIpc) is 2.61. The van der Waals surface area contributed by atoms with Crippen LogP contribution in [0.1, 0.15) is 6.92 Å². The maximum absolute atomic E-state index is 14.0. The zero-order valence-electron chi connectivity index (χ0n) is 14.1. The Morgan fingerprint density at radius 3 is 2.26 bits per heavy atom. The number of benzene rings is 2. The molecule has 2 heterocycles. The Hall–Kier alpha value is -2.88. The molecule has 0 aliphatic rings. The summed E-state index contributed by atoms with van der Waals surface area (Å²) in [6.45, 7) is 0.972. The molecule has 0 unspecified atom stereocenters. The van der Waals surface area contributed by atoms with Crippen molar-refractivity contribution in [2.75, 3.05) is 0 Å². The van der Waals surface area contributed by atoms with Gasteiger partial charge in [0.25, 0.3) is 0 Å². The van der Waals surface area contributed by atoms with Crippen LogP contribution in [0.25, 0.3) is 33.1 Å². The molecule has 0 atom stereocenters. The number of nitrogens with zero attached hydrogens (tertiary/aromatic N) is 2. The summed E-state index contributed by atoms with van der Waals surface area (Å²) < 4.78 is 14.0. The monoisotopic (exact) mass is 454 g/mol. The van der Waals surface area contributed by atoms with E-state index < -0.39 is 11.8 Å².